The number of anilines is 1. The van der Waals surface area contributed by atoms with Crippen LogP contribution in [0.4, 0.5) is 5.69 Å². The van der Waals surface area contributed by atoms with Crippen molar-refractivity contribution in [2.75, 3.05) is 44.9 Å². The second-order valence-corrected chi connectivity index (χ2v) is 6.30. The molecule has 1 fully saturated rings. The molecule has 0 aliphatic carbocycles. The van der Waals surface area contributed by atoms with Crippen molar-refractivity contribution in [2.24, 2.45) is 0 Å². The van der Waals surface area contributed by atoms with E-state index in [2.05, 4.69) is 10.6 Å². The number of ketones is 1. The van der Waals surface area contributed by atoms with Gasteiger partial charge in [0.05, 0.1) is 18.8 Å². The van der Waals surface area contributed by atoms with Crippen LogP contribution >= 0.6 is 0 Å². The number of benzene rings is 1. The van der Waals surface area contributed by atoms with Gasteiger partial charge in [0.2, 0.25) is 12.7 Å². The molecule has 0 bridgehead atoms. The molecular formula is C18H23N3O6. The first-order valence-corrected chi connectivity index (χ1v) is 8.85. The van der Waals surface area contributed by atoms with Gasteiger partial charge in [-0.15, -0.1) is 0 Å². The largest absolute Gasteiger partial charge is 0.465 e. The van der Waals surface area contributed by atoms with Crippen LogP contribution in [-0.2, 0) is 14.3 Å². The Labute approximate surface area is 156 Å². The Hall–Kier alpha value is -2.65. The van der Waals surface area contributed by atoms with Crippen LogP contribution in [0.3, 0.4) is 0 Å². The Balaban J connectivity index is 1.71. The SMILES string of the molecule is CCOC(=O)C1CNCCN1CC(=O)Nc1cc2c(cc1C(C)=O)OCO2. The van der Waals surface area contributed by atoms with E-state index in [9.17, 15) is 14.4 Å². The van der Waals surface area contributed by atoms with Crippen molar-refractivity contribution in [1.29, 1.82) is 0 Å². The van der Waals surface area contributed by atoms with Gasteiger partial charge < -0.3 is 24.8 Å². The van der Waals surface area contributed by atoms with Gasteiger partial charge in [0, 0.05) is 31.3 Å². The number of hydrogen-bond donors (Lipinski definition) is 2. The Bertz CT molecular complexity index is 751. The van der Waals surface area contributed by atoms with Gasteiger partial charge in [-0.1, -0.05) is 0 Å². The van der Waals surface area contributed by atoms with Crippen LogP contribution in [0.5, 0.6) is 11.5 Å². The first-order chi connectivity index (χ1) is 13.0. The number of rotatable bonds is 6. The normalized spacial score (nSPS) is 18.8. The van der Waals surface area contributed by atoms with E-state index < -0.39 is 6.04 Å². The maximum atomic E-state index is 12.6. The van der Waals surface area contributed by atoms with Crippen molar-refractivity contribution in [1.82, 2.24) is 10.2 Å². The Kier molecular flexibility index (Phi) is 5.92. The van der Waals surface area contributed by atoms with E-state index >= 15 is 0 Å². The lowest BCUT2D eigenvalue weighted by Crippen LogP contribution is -2.57. The average molecular weight is 377 g/mol. The Morgan fingerprint density at radius 3 is 2.74 bits per heavy atom. The zero-order valence-electron chi connectivity index (χ0n) is 15.4. The number of esters is 1. The van der Waals surface area contributed by atoms with Crippen molar-refractivity contribution in [3.8, 4) is 11.5 Å². The van der Waals surface area contributed by atoms with E-state index in [0.29, 0.717) is 42.4 Å². The summed E-state index contributed by atoms with van der Waals surface area (Å²) in [6, 6.07) is 2.62. The molecule has 9 nitrogen and oxygen atoms in total. The zero-order chi connectivity index (χ0) is 19.4. The minimum atomic E-state index is -0.520. The van der Waals surface area contributed by atoms with E-state index in [0.717, 1.165) is 0 Å². The fourth-order valence-electron chi connectivity index (χ4n) is 3.12. The molecule has 2 heterocycles. The summed E-state index contributed by atoms with van der Waals surface area (Å²) >= 11 is 0. The molecular weight excluding hydrogens is 354 g/mol. The molecule has 1 saturated heterocycles. The molecule has 2 aliphatic heterocycles. The van der Waals surface area contributed by atoms with Gasteiger partial charge in [-0.3, -0.25) is 19.3 Å². The molecule has 9 heteroatoms. The summed E-state index contributed by atoms with van der Waals surface area (Å²) in [7, 11) is 0. The second-order valence-electron chi connectivity index (χ2n) is 6.30. The highest BCUT2D eigenvalue weighted by atomic mass is 16.7. The first-order valence-electron chi connectivity index (χ1n) is 8.85. The quantitative estimate of drug-likeness (QED) is 0.542. The van der Waals surface area contributed by atoms with E-state index in [1.54, 1.807) is 24.0 Å². The lowest BCUT2D eigenvalue weighted by atomic mass is 10.1. The van der Waals surface area contributed by atoms with Crippen LogP contribution in [0.15, 0.2) is 12.1 Å². The summed E-state index contributed by atoms with van der Waals surface area (Å²) in [5.41, 5.74) is 0.703. The van der Waals surface area contributed by atoms with Gasteiger partial charge in [0.15, 0.2) is 17.3 Å². The number of carbonyl (C=O) groups excluding carboxylic acids is 3. The maximum Gasteiger partial charge on any atom is 0.324 e. The van der Waals surface area contributed by atoms with Gasteiger partial charge in [0.25, 0.3) is 0 Å². The highest BCUT2D eigenvalue weighted by Crippen LogP contribution is 2.37. The summed E-state index contributed by atoms with van der Waals surface area (Å²) in [6.07, 6.45) is 0. The number of Topliss-reactive ketones (excluding diaryl/α,β-unsaturated/α-hetero) is 1. The summed E-state index contributed by atoms with van der Waals surface area (Å²) < 4.78 is 15.7. The molecule has 2 aliphatic rings. The van der Waals surface area contributed by atoms with E-state index in [1.807, 2.05) is 0 Å². The lowest BCUT2D eigenvalue weighted by Gasteiger charge is -2.33. The van der Waals surface area contributed by atoms with Crippen LogP contribution in [0, 0.1) is 0 Å². The third-order valence-corrected chi connectivity index (χ3v) is 4.43. The molecule has 2 N–H and O–H groups in total. The molecule has 1 aromatic rings. The van der Waals surface area contributed by atoms with Crippen molar-refractivity contribution >= 4 is 23.3 Å². The van der Waals surface area contributed by atoms with Crippen molar-refractivity contribution in [3.05, 3.63) is 17.7 Å². The predicted molar refractivity (Wildman–Crippen MR) is 96.1 cm³/mol. The van der Waals surface area contributed by atoms with E-state index in [1.165, 1.54) is 6.92 Å². The van der Waals surface area contributed by atoms with Crippen molar-refractivity contribution in [2.45, 2.75) is 19.9 Å². The zero-order valence-corrected chi connectivity index (χ0v) is 15.4. The van der Waals surface area contributed by atoms with E-state index in [-0.39, 0.29) is 37.6 Å². The Morgan fingerprint density at radius 1 is 1.30 bits per heavy atom. The summed E-state index contributed by atoms with van der Waals surface area (Å²) in [5, 5.41) is 5.88. The molecule has 3 rings (SSSR count). The number of hydrogen-bond acceptors (Lipinski definition) is 8. The molecule has 0 radical (unpaired) electrons. The number of amides is 1. The molecule has 27 heavy (non-hydrogen) atoms. The first kappa shape index (κ1) is 19.1. The third kappa shape index (κ3) is 4.37. The van der Waals surface area contributed by atoms with E-state index in [4.69, 9.17) is 14.2 Å². The standard InChI is InChI=1S/C18H23N3O6/c1-3-25-18(24)14-8-19-4-5-21(14)9-17(23)20-13-7-16-15(26-10-27-16)6-12(13)11(2)22/h6-7,14,19H,3-5,8-10H2,1-2H3,(H,20,23). The third-order valence-electron chi connectivity index (χ3n) is 4.43. The van der Waals surface area contributed by atoms with Crippen LogP contribution in [0.2, 0.25) is 0 Å². The van der Waals surface area contributed by atoms with Gasteiger partial charge in [-0.25, -0.2) is 0 Å². The maximum absolute atomic E-state index is 12.6. The Morgan fingerprint density at radius 2 is 2.04 bits per heavy atom. The summed E-state index contributed by atoms with van der Waals surface area (Å²) in [4.78, 5) is 38.4. The van der Waals surface area contributed by atoms with Gasteiger partial charge in [-0.2, -0.15) is 0 Å². The minimum absolute atomic E-state index is 0.0109. The van der Waals surface area contributed by atoms with Gasteiger partial charge in [-0.05, 0) is 19.9 Å². The smallest absolute Gasteiger partial charge is 0.324 e. The van der Waals surface area contributed by atoms with Crippen molar-refractivity contribution < 1.29 is 28.6 Å². The average Bonchev–Trinajstić information content (AvgIpc) is 3.08. The molecule has 0 aromatic heterocycles. The molecule has 0 saturated carbocycles. The molecule has 1 aromatic carbocycles. The minimum Gasteiger partial charge on any atom is -0.465 e. The highest BCUT2D eigenvalue weighted by Gasteiger charge is 2.31. The monoisotopic (exact) mass is 377 g/mol. The molecule has 0 spiro atoms. The van der Waals surface area contributed by atoms with Crippen LogP contribution in [0.1, 0.15) is 24.2 Å². The van der Waals surface area contributed by atoms with Crippen molar-refractivity contribution in [3.63, 3.8) is 0 Å². The van der Waals surface area contributed by atoms with Gasteiger partial charge in [0.1, 0.15) is 6.04 Å². The van der Waals surface area contributed by atoms with Gasteiger partial charge >= 0.3 is 5.97 Å². The fraction of sp³-hybridized carbons (Fsp3) is 0.500. The number of piperazine rings is 1. The number of nitrogens with one attached hydrogen (secondary N) is 2. The number of carbonyl (C=O) groups is 3. The molecule has 1 atom stereocenters. The topological polar surface area (TPSA) is 106 Å². The van der Waals surface area contributed by atoms with Crippen LogP contribution < -0.4 is 20.1 Å². The predicted octanol–water partition coefficient (Wildman–Crippen LogP) is 0.393. The molecule has 146 valence electrons. The highest BCUT2D eigenvalue weighted by molar-refractivity contribution is 6.05. The van der Waals surface area contributed by atoms with Crippen LogP contribution in [0.25, 0.3) is 0 Å². The number of fused-ring (bicyclic) bond motifs is 1. The second kappa shape index (κ2) is 8.36. The fourth-order valence-corrected chi connectivity index (χ4v) is 3.12. The number of ether oxygens (including phenoxy) is 3. The molecule has 1 amide bonds. The lowest BCUT2D eigenvalue weighted by molar-refractivity contribution is -0.150. The summed E-state index contributed by atoms with van der Waals surface area (Å²) in [5.74, 6) is 0.0669. The molecule has 1 unspecified atom stereocenters. The number of nitrogens with zero attached hydrogens (tertiary/aromatic N) is 1. The van der Waals surface area contributed by atoms with Crippen LogP contribution in [-0.4, -0.2) is 68.2 Å². The summed E-state index contributed by atoms with van der Waals surface area (Å²) in [6.45, 7) is 5.17.